The number of hydrogen-bond donors (Lipinski definition) is 1. The standard InChI is InChI=1S/C29H25Cl2N3O3.ClH/c1-19-11-13-21-9-6-10-25(29(21)33-19)37-18-22-23(30)14-15-24(28(22)31)34(2)27(36)17-32-26(35)16-12-20-7-4-3-5-8-20;/h3-16H,17-18H2,1-2H3,(H,32,35);1H. The third kappa shape index (κ3) is 7.04. The minimum atomic E-state index is -0.374. The Morgan fingerprint density at radius 1 is 1.00 bits per heavy atom. The lowest BCUT2D eigenvalue weighted by atomic mass is 10.1. The van der Waals surface area contributed by atoms with Gasteiger partial charge in [0.25, 0.3) is 0 Å². The number of likely N-dealkylation sites (N-methyl/N-ethyl adjacent to an activating group) is 1. The van der Waals surface area contributed by atoms with E-state index in [9.17, 15) is 9.59 Å². The average molecular weight is 571 g/mol. The molecule has 0 atom stereocenters. The van der Waals surface area contributed by atoms with Crippen LogP contribution in [0, 0.1) is 6.92 Å². The molecule has 0 aliphatic carbocycles. The molecule has 0 unspecified atom stereocenters. The quantitative estimate of drug-likeness (QED) is 0.241. The van der Waals surface area contributed by atoms with Gasteiger partial charge in [0, 0.05) is 34.8 Å². The van der Waals surface area contributed by atoms with Crippen LogP contribution in [0.25, 0.3) is 17.0 Å². The summed E-state index contributed by atoms with van der Waals surface area (Å²) in [6.07, 6.45) is 3.07. The smallest absolute Gasteiger partial charge is 0.246 e. The monoisotopic (exact) mass is 569 g/mol. The Labute approximate surface area is 237 Å². The van der Waals surface area contributed by atoms with Crippen LogP contribution in [-0.4, -0.2) is 30.4 Å². The maximum Gasteiger partial charge on any atom is 0.246 e. The number of aromatic nitrogens is 1. The van der Waals surface area contributed by atoms with E-state index in [1.54, 1.807) is 25.3 Å². The maximum absolute atomic E-state index is 12.8. The number of pyridine rings is 1. The average Bonchev–Trinajstić information content (AvgIpc) is 2.90. The molecule has 0 saturated heterocycles. The first kappa shape index (κ1) is 29.0. The summed E-state index contributed by atoms with van der Waals surface area (Å²) in [5.74, 6) is -0.110. The number of aryl methyl sites for hydroxylation is 1. The van der Waals surface area contributed by atoms with E-state index >= 15 is 0 Å². The molecule has 0 spiro atoms. The Morgan fingerprint density at radius 3 is 2.53 bits per heavy atom. The van der Waals surface area contributed by atoms with Gasteiger partial charge in [0.15, 0.2) is 0 Å². The highest BCUT2D eigenvalue weighted by atomic mass is 35.5. The second-order valence-corrected chi connectivity index (χ2v) is 9.13. The molecule has 196 valence electrons. The molecule has 2 amide bonds. The zero-order valence-electron chi connectivity index (χ0n) is 20.8. The van der Waals surface area contributed by atoms with Crippen LogP contribution in [0.1, 0.15) is 16.8 Å². The minimum absolute atomic E-state index is 0. The predicted octanol–water partition coefficient (Wildman–Crippen LogP) is 6.64. The van der Waals surface area contributed by atoms with E-state index in [2.05, 4.69) is 10.3 Å². The van der Waals surface area contributed by atoms with Crippen molar-refractivity contribution >= 4 is 70.1 Å². The van der Waals surface area contributed by atoms with Crippen molar-refractivity contribution in [1.29, 1.82) is 0 Å². The second kappa shape index (κ2) is 13.3. The third-order valence-electron chi connectivity index (χ3n) is 5.74. The largest absolute Gasteiger partial charge is 0.487 e. The van der Waals surface area contributed by atoms with Gasteiger partial charge in [-0.3, -0.25) is 9.59 Å². The van der Waals surface area contributed by atoms with Crippen molar-refractivity contribution in [3.05, 3.63) is 106 Å². The number of nitrogens with one attached hydrogen (secondary N) is 1. The topological polar surface area (TPSA) is 71.5 Å². The van der Waals surface area contributed by atoms with Crippen molar-refractivity contribution in [2.24, 2.45) is 0 Å². The van der Waals surface area contributed by atoms with E-state index in [4.69, 9.17) is 27.9 Å². The van der Waals surface area contributed by atoms with Gasteiger partial charge in [-0.15, -0.1) is 12.4 Å². The summed E-state index contributed by atoms with van der Waals surface area (Å²) in [4.78, 5) is 30.9. The summed E-state index contributed by atoms with van der Waals surface area (Å²) in [5, 5.41) is 4.27. The molecule has 1 aromatic heterocycles. The number of benzene rings is 3. The Morgan fingerprint density at radius 2 is 1.76 bits per heavy atom. The fraction of sp³-hybridized carbons (Fsp3) is 0.138. The molecule has 0 bridgehead atoms. The first-order valence-corrected chi connectivity index (χ1v) is 12.3. The maximum atomic E-state index is 12.8. The zero-order valence-corrected chi connectivity index (χ0v) is 23.1. The normalized spacial score (nSPS) is 10.7. The second-order valence-electron chi connectivity index (χ2n) is 8.34. The molecule has 9 heteroatoms. The van der Waals surface area contributed by atoms with Gasteiger partial charge in [-0.1, -0.05) is 71.7 Å². The van der Waals surface area contributed by atoms with E-state index < -0.39 is 0 Å². The highest BCUT2D eigenvalue weighted by Crippen LogP contribution is 2.35. The highest BCUT2D eigenvalue weighted by molar-refractivity contribution is 6.38. The summed E-state index contributed by atoms with van der Waals surface area (Å²) in [5.41, 5.74) is 3.51. The fourth-order valence-electron chi connectivity index (χ4n) is 3.67. The van der Waals surface area contributed by atoms with Gasteiger partial charge in [-0.25, -0.2) is 4.98 Å². The Bertz CT molecular complexity index is 1480. The molecule has 0 fully saturated rings. The van der Waals surface area contributed by atoms with Gasteiger partial charge in [-0.2, -0.15) is 0 Å². The van der Waals surface area contributed by atoms with E-state index in [-0.39, 0.29) is 37.4 Å². The molecule has 0 radical (unpaired) electrons. The van der Waals surface area contributed by atoms with Crippen molar-refractivity contribution in [2.75, 3.05) is 18.5 Å². The van der Waals surface area contributed by atoms with Crippen LogP contribution in [-0.2, 0) is 16.2 Å². The van der Waals surface area contributed by atoms with Crippen LogP contribution >= 0.6 is 35.6 Å². The lowest BCUT2D eigenvalue weighted by molar-refractivity contribution is -0.122. The molecular weight excluding hydrogens is 545 g/mol. The molecule has 0 saturated carbocycles. The summed E-state index contributed by atoms with van der Waals surface area (Å²) in [6, 6.07) is 22.4. The number of amides is 2. The van der Waals surface area contributed by atoms with E-state index in [0.717, 1.165) is 22.2 Å². The van der Waals surface area contributed by atoms with E-state index in [1.165, 1.54) is 11.0 Å². The molecule has 0 aliphatic rings. The molecule has 0 aliphatic heterocycles. The molecule has 4 aromatic rings. The van der Waals surface area contributed by atoms with E-state index in [1.807, 2.05) is 67.6 Å². The number of anilines is 1. The van der Waals surface area contributed by atoms with E-state index in [0.29, 0.717) is 27.0 Å². The number of hydrogen-bond acceptors (Lipinski definition) is 4. The van der Waals surface area contributed by atoms with Crippen LogP contribution in [0.5, 0.6) is 5.75 Å². The molecule has 4 rings (SSSR count). The Balaban J connectivity index is 0.00000400. The van der Waals surface area contributed by atoms with Crippen LogP contribution in [0.3, 0.4) is 0 Å². The van der Waals surface area contributed by atoms with Crippen molar-refractivity contribution in [3.63, 3.8) is 0 Å². The molecule has 3 aromatic carbocycles. The first-order chi connectivity index (χ1) is 17.8. The van der Waals surface area contributed by atoms with Crippen molar-refractivity contribution in [3.8, 4) is 5.75 Å². The highest BCUT2D eigenvalue weighted by Gasteiger charge is 2.19. The first-order valence-electron chi connectivity index (χ1n) is 11.6. The number of para-hydroxylation sites is 1. The Hall–Kier alpha value is -3.58. The number of carbonyl (C=O) groups excluding carboxylic acids is 2. The van der Waals surface area contributed by atoms with Gasteiger partial charge in [-0.05, 0) is 42.8 Å². The minimum Gasteiger partial charge on any atom is -0.487 e. The number of halogens is 3. The summed E-state index contributed by atoms with van der Waals surface area (Å²) >= 11 is 13.1. The third-order valence-corrected chi connectivity index (χ3v) is 6.51. The molecule has 6 nitrogen and oxygen atoms in total. The molecule has 1 N–H and O–H groups in total. The number of ether oxygens (including phenoxy) is 1. The number of rotatable bonds is 8. The summed E-state index contributed by atoms with van der Waals surface area (Å²) in [7, 11) is 1.59. The SMILES string of the molecule is Cc1ccc2cccc(OCc3c(Cl)ccc(N(C)C(=O)CNC(=O)C=Cc4ccccc4)c3Cl)c2n1.Cl. The van der Waals surface area contributed by atoms with Crippen LogP contribution in [0.2, 0.25) is 10.0 Å². The van der Waals surface area contributed by atoms with Crippen LogP contribution in [0.15, 0.2) is 78.9 Å². The van der Waals surface area contributed by atoms with Crippen molar-refractivity contribution < 1.29 is 14.3 Å². The van der Waals surface area contributed by atoms with Gasteiger partial charge in [0.05, 0.1) is 17.3 Å². The van der Waals surface area contributed by atoms with Crippen molar-refractivity contribution in [1.82, 2.24) is 10.3 Å². The lowest BCUT2D eigenvalue weighted by Gasteiger charge is -2.21. The number of nitrogens with zero attached hydrogens (tertiary/aromatic N) is 2. The zero-order chi connectivity index (χ0) is 26.4. The number of carbonyl (C=O) groups is 2. The van der Waals surface area contributed by atoms with Crippen molar-refractivity contribution in [2.45, 2.75) is 13.5 Å². The predicted molar refractivity (Wildman–Crippen MR) is 156 cm³/mol. The lowest BCUT2D eigenvalue weighted by Crippen LogP contribution is -2.37. The van der Waals surface area contributed by atoms with Gasteiger partial charge in [0.1, 0.15) is 17.9 Å². The number of fused-ring (bicyclic) bond motifs is 1. The molecular formula is C29H26Cl3N3O3. The van der Waals surface area contributed by atoms with Crippen LogP contribution in [0.4, 0.5) is 5.69 Å². The van der Waals surface area contributed by atoms with Gasteiger partial charge >= 0.3 is 0 Å². The fourth-order valence-corrected chi connectivity index (χ4v) is 4.28. The summed E-state index contributed by atoms with van der Waals surface area (Å²) in [6.45, 7) is 1.81. The van der Waals surface area contributed by atoms with Gasteiger partial charge in [0.2, 0.25) is 11.8 Å². The molecule has 1 heterocycles. The van der Waals surface area contributed by atoms with Gasteiger partial charge < -0.3 is 15.0 Å². The molecule has 38 heavy (non-hydrogen) atoms. The van der Waals surface area contributed by atoms with Crippen LogP contribution < -0.4 is 15.0 Å². The summed E-state index contributed by atoms with van der Waals surface area (Å²) < 4.78 is 6.06. The Kier molecular flexibility index (Phi) is 10.1.